The minimum absolute atomic E-state index is 0.000203. The Bertz CT molecular complexity index is 1490. The average molecular weight is 604 g/mol. The molecule has 3 aromatic rings. The van der Waals surface area contributed by atoms with Crippen LogP contribution in [0, 0.1) is 6.92 Å². The highest BCUT2D eigenvalue weighted by Crippen LogP contribution is 2.37. The molecule has 9 nitrogen and oxygen atoms in total. The summed E-state index contributed by atoms with van der Waals surface area (Å²) >= 11 is 6.36. The Morgan fingerprint density at radius 3 is 2.47 bits per heavy atom. The molecule has 4 rings (SSSR count). The van der Waals surface area contributed by atoms with Gasteiger partial charge in [0.15, 0.2) is 0 Å². The first-order valence-electron chi connectivity index (χ1n) is 14.6. The highest BCUT2D eigenvalue weighted by molar-refractivity contribution is 6.30. The summed E-state index contributed by atoms with van der Waals surface area (Å²) in [6.07, 6.45) is 1.50. The van der Waals surface area contributed by atoms with Gasteiger partial charge in [-0.3, -0.25) is 19.2 Å². The number of aromatic nitrogens is 1. The van der Waals surface area contributed by atoms with Crippen LogP contribution in [-0.4, -0.2) is 78.1 Å². The Labute approximate surface area is 257 Å². The Morgan fingerprint density at radius 2 is 1.79 bits per heavy atom. The van der Waals surface area contributed by atoms with Gasteiger partial charge in [0, 0.05) is 62.0 Å². The van der Waals surface area contributed by atoms with Gasteiger partial charge >= 0.3 is 0 Å². The van der Waals surface area contributed by atoms with Crippen molar-refractivity contribution in [3.63, 3.8) is 0 Å². The number of aryl methyl sites for hydroxylation is 1. The number of ketones is 1. The number of likely N-dealkylation sites (N-methyl/N-ethyl adjacent to an activating group) is 2. The summed E-state index contributed by atoms with van der Waals surface area (Å²) in [5.41, 5.74) is 2.78. The maximum Gasteiger partial charge on any atom is 0.259 e. The first-order valence-corrected chi connectivity index (χ1v) is 14.9. The quantitative estimate of drug-likeness (QED) is 0.342. The summed E-state index contributed by atoms with van der Waals surface area (Å²) in [5.74, 6) is -1.29. The summed E-state index contributed by atoms with van der Waals surface area (Å²) in [6, 6.07) is 15.5. The van der Waals surface area contributed by atoms with Crippen LogP contribution < -0.4 is 10.2 Å². The van der Waals surface area contributed by atoms with Gasteiger partial charge in [0.05, 0.1) is 11.5 Å². The Morgan fingerprint density at radius 1 is 1.05 bits per heavy atom. The van der Waals surface area contributed by atoms with Crippen molar-refractivity contribution in [2.75, 3.05) is 50.0 Å². The number of rotatable bonds is 10. The Hall–Kier alpha value is -4.08. The molecule has 2 aromatic carbocycles. The van der Waals surface area contributed by atoms with E-state index >= 15 is 0 Å². The van der Waals surface area contributed by atoms with E-state index in [4.69, 9.17) is 11.6 Å². The Kier molecular flexibility index (Phi) is 10.7. The van der Waals surface area contributed by atoms with Gasteiger partial charge in [-0.05, 0) is 67.5 Å². The number of amides is 3. The lowest BCUT2D eigenvalue weighted by atomic mass is 9.89. The maximum atomic E-state index is 13.7. The lowest BCUT2D eigenvalue weighted by Gasteiger charge is -2.26. The number of hydrogen-bond donors (Lipinski definition) is 1. The number of nitrogens with one attached hydrogen (secondary N) is 1. The maximum absolute atomic E-state index is 13.7. The molecule has 10 heteroatoms. The zero-order chi connectivity index (χ0) is 31.1. The van der Waals surface area contributed by atoms with Gasteiger partial charge in [0.2, 0.25) is 5.91 Å². The highest BCUT2D eigenvalue weighted by Gasteiger charge is 2.34. The number of carbonyl (C=O) groups is 4. The molecule has 0 aliphatic carbocycles. The van der Waals surface area contributed by atoms with Crippen molar-refractivity contribution >= 4 is 46.6 Å². The molecule has 3 amide bonds. The molecular weight excluding hydrogens is 566 g/mol. The van der Waals surface area contributed by atoms with Gasteiger partial charge in [0.1, 0.15) is 11.6 Å². The summed E-state index contributed by atoms with van der Waals surface area (Å²) < 4.78 is 0. The second-order valence-corrected chi connectivity index (χ2v) is 11.1. The Balaban J connectivity index is 1.52. The topological polar surface area (TPSA) is 103 Å². The zero-order valence-electron chi connectivity index (χ0n) is 25.1. The van der Waals surface area contributed by atoms with Crippen LogP contribution in [0.2, 0.25) is 5.02 Å². The lowest BCUT2D eigenvalue weighted by molar-refractivity contribution is -0.133. The molecule has 1 unspecified atom stereocenters. The van der Waals surface area contributed by atoms with Crippen LogP contribution in [0.3, 0.4) is 0 Å². The summed E-state index contributed by atoms with van der Waals surface area (Å²) in [5, 5.41) is 3.18. The number of carbonyl (C=O) groups excluding carboxylic acids is 4. The molecule has 0 saturated carbocycles. The van der Waals surface area contributed by atoms with Crippen LogP contribution in [0.5, 0.6) is 0 Å². The largest absolute Gasteiger partial charge is 0.344 e. The number of benzene rings is 2. The van der Waals surface area contributed by atoms with Gasteiger partial charge in [-0.25, -0.2) is 4.98 Å². The normalized spacial score (nSPS) is 14.7. The molecule has 0 bridgehead atoms. The van der Waals surface area contributed by atoms with Crippen molar-refractivity contribution in [2.24, 2.45) is 0 Å². The van der Waals surface area contributed by atoms with E-state index in [-0.39, 0.29) is 42.9 Å². The molecule has 1 aliphatic rings. The number of pyridine rings is 1. The highest BCUT2D eigenvalue weighted by atomic mass is 35.5. The second kappa shape index (κ2) is 14.4. The van der Waals surface area contributed by atoms with Crippen molar-refractivity contribution in [3.05, 3.63) is 88.1 Å². The lowest BCUT2D eigenvalue weighted by Crippen LogP contribution is -2.37. The molecule has 43 heavy (non-hydrogen) atoms. The van der Waals surface area contributed by atoms with E-state index in [0.717, 1.165) is 25.2 Å². The van der Waals surface area contributed by atoms with Crippen LogP contribution in [0.25, 0.3) is 0 Å². The van der Waals surface area contributed by atoms with Crippen LogP contribution in [0.15, 0.2) is 60.8 Å². The van der Waals surface area contributed by atoms with E-state index in [1.165, 1.54) is 6.20 Å². The van der Waals surface area contributed by atoms with Gasteiger partial charge in [-0.15, -0.1) is 0 Å². The molecule has 0 saturated heterocycles. The van der Waals surface area contributed by atoms with Gasteiger partial charge in [-0.1, -0.05) is 43.6 Å². The predicted molar refractivity (Wildman–Crippen MR) is 169 cm³/mol. The van der Waals surface area contributed by atoms with E-state index in [1.807, 2.05) is 19.1 Å². The fourth-order valence-corrected chi connectivity index (χ4v) is 5.40. The molecule has 0 spiro atoms. The van der Waals surface area contributed by atoms with Crippen LogP contribution >= 0.6 is 11.6 Å². The summed E-state index contributed by atoms with van der Waals surface area (Å²) in [4.78, 5) is 62.7. The molecule has 0 radical (unpaired) electrons. The van der Waals surface area contributed by atoms with Crippen molar-refractivity contribution in [1.29, 1.82) is 0 Å². The van der Waals surface area contributed by atoms with Crippen molar-refractivity contribution < 1.29 is 19.2 Å². The standard InChI is InChI=1S/C33H38ClN5O4/c1-5-38(6-2)18-17-37(4)31(41)20-27-26-19-24(34)12-13-28(26)39(16-15-29(27)40)33(43)23-11-14-30(35-21-23)36-32(42)25-10-8-7-9-22(25)3/h7-14,19,21,27H,5-6,15-18,20H2,1-4H3,(H,35,36,42). The van der Waals surface area contributed by atoms with Gasteiger partial charge in [-0.2, -0.15) is 0 Å². The summed E-state index contributed by atoms with van der Waals surface area (Å²) in [6.45, 7) is 9.28. The molecule has 2 heterocycles. The van der Waals surface area contributed by atoms with Gasteiger partial charge in [0.25, 0.3) is 11.8 Å². The third-order valence-corrected chi connectivity index (χ3v) is 8.20. The van der Waals surface area contributed by atoms with E-state index in [9.17, 15) is 19.2 Å². The number of Topliss-reactive ketones (excluding diaryl/α,β-unsaturated/α-hetero) is 1. The van der Waals surface area contributed by atoms with E-state index in [1.54, 1.807) is 59.3 Å². The van der Waals surface area contributed by atoms with E-state index in [2.05, 4.69) is 29.0 Å². The van der Waals surface area contributed by atoms with E-state index < -0.39 is 5.92 Å². The smallest absolute Gasteiger partial charge is 0.259 e. The molecule has 1 aromatic heterocycles. The number of hydrogen-bond acceptors (Lipinski definition) is 6. The number of anilines is 2. The number of halogens is 1. The predicted octanol–water partition coefficient (Wildman–Crippen LogP) is 5.19. The zero-order valence-corrected chi connectivity index (χ0v) is 25.9. The molecule has 1 N–H and O–H groups in total. The average Bonchev–Trinajstić information content (AvgIpc) is 3.13. The minimum atomic E-state index is -0.716. The van der Waals surface area contributed by atoms with Crippen molar-refractivity contribution in [2.45, 2.75) is 39.5 Å². The van der Waals surface area contributed by atoms with Crippen LogP contribution in [-0.2, 0) is 9.59 Å². The summed E-state index contributed by atoms with van der Waals surface area (Å²) in [7, 11) is 1.75. The first-order chi connectivity index (χ1) is 20.6. The minimum Gasteiger partial charge on any atom is -0.344 e. The van der Waals surface area contributed by atoms with Crippen LogP contribution in [0.4, 0.5) is 11.5 Å². The fraction of sp³-hybridized carbons (Fsp3) is 0.364. The molecular formula is C33H38ClN5O4. The van der Waals surface area contributed by atoms with Crippen molar-refractivity contribution in [3.8, 4) is 0 Å². The third kappa shape index (κ3) is 7.66. The fourth-order valence-electron chi connectivity index (χ4n) is 5.22. The molecule has 1 aliphatic heterocycles. The number of nitrogens with zero attached hydrogens (tertiary/aromatic N) is 4. The SMILES string of the molecule is CCN(CC)CCN(C)C(=O)CC1C(=O)CCN(C(=O)c2ccc(NC(=O)c3ccccc3C)nc2)c2ccc(Cl)cc21. The first kappa shape index (κ1) is 31.8. The van der Waals surface area contributed by atoms with Crippen LogP contribution in [0.1, 0.15) is 64.4 Å². The monoisotopic (exact) mass is 603 g/mol. The molecule has 1 atom stereocenters. The van der Waals surface area contributed by atoms with E-state index in [0.29, 0.717) is 39.8 Å². The molecule has 226 valence electrons. The van der Waals surface area contributed by atoms with Crippen molar-refractivity contribution in [1.82, 2.24) is 14.8 Å². The number of fused-ring (bicyclic) bond motifs is 1. The molecule has 0 fully saturated rings. The third-order valence-electron chi connectivity index (χ3n) is 7.96. The van der Waals surface area contributed by atoms with Gasteiger partial charge < -0.3 is 20.0 Å². The second-order valence-electron chi connectivity index (χ2n) is 10.7.